The van der Waals surface area contributed by atoms with Crippen LogP contribution in [-0.2, 0) is 23.0 Å². The second-order valence-corrected chi connectivity index (χ2v) is 9.07. The summed E-state index contributed by atoms with van der Waals surface area (Å²) >= 11 is 0. The van der Waals surface area contributed by atoms with Crippen LogP contribution in [0.1, 0.15) is 21.5 Å². The van der Waals surface area contributed by atoms with Gasteiger partial charge in [-0.15, -0.1) is 0 Å². The van der Waals surface area contributed by atoms with Crippen LogP contribution in [0.3, 0.4) is 0 Å². The molecule has 3 aromatic carbocycles. The number of fused-ring (bicyclic) bond motifs is 1. The van der Waals surface area contributed by atoms with E-state index in [-0.39, 0.29) is 41.3 Å². The molecule has 0 atom stereocenters. The second-order valence-electron chi connectivity index (χ2n) is 7.13. The third kappa shape index (κ3) is 3.95. The third-order valence-corrected chi connectivity index (χ3v) is 7.13. The SMILES string of the molecule is O=C(NO)c1ccc2c(c1F)CCN(S(=O)(=O)c1cccc(-c3ccc(F)cc3)c1)C2. The molecule has 0 bridgehead atoms. The molecule has 0 radical (unpaired) electrons. The van der Waals surface area contributed by atoms with E-state index in [9.17, 15) is 22.0 Å². The monoisotopic (exact) mass is 444 g/mol. The zero-order chi connectivity index (χ0) is 22.2. The van der Waals surface area contributed by atoms with Crippen molar-refractivity contribution in [1.29, 1.82) is 0 Å². The van der Waals surface area contributed by atoms with Crippen LogP contribution in [0.5, 0.6) is 0 Å². The molecule has 1 aliphatic rings. The summed E-state index contributed by atoms with van der Waals surface area (Å²) in [4.78, 5) is 11.6. The summed E-state index contributed by atoms with van der Waals surface area (Å²) < 4.78 is 55.5. The number of hydrogen-bond donors (Lipinski definition) is 2. The van der Waals surface area contributed by atoms with Crippen molar-refractivity contribution in [3.05, 3.63) is 89.0 Å². The predicted molar refractivity (Wildman–Crippen MR) is 109 cm³/mol. The predicted octanol–water partition coefficient (Wildman–Crippen LogP) is 3.50. The number of halogens is 2. The Morgan fingerprint density at radius 2 is 1.74 bits per heavy atom. The molecular weight excluding hydrogens is 426 g/mol. The fourth-order valence-electron chi connectivity index (χ4n) is 3.65. The molecule has 0 spiro atoms. The normalized spacial score (nSPS) is 14.2. The van der Waals surface area contributed by atoms with Crippen LogP contribution < -0.4 is 5.48 Å². The first-order valence-corrected chi connectivity index (χ1v) is 10.9. The number of nitrogens with zero attached hydrogens (tertiary/aromatic N) is 1. The van der Waals surface area contributed by atoms with E-state index in [1.807, 2.05) is 0 Å². The Bertz CT molecular complexity index is 1260. The standard InChI is InChI=1S/C22H18F2N2O4S/c23-17-7-4-14(5-8-17)15-2-1-3-18(12-15)31(29,30)26-11-10-19-16(13-26)6-9-20(21(19)24)22(27)25-28/h1-9,12,28H,10-11,13H2,(H,25,27). The van der Waals surface area contributed by atoms with Gasteiger partial charge in [-0.1, -0.05) is 30.3 Å². The fraction of sp³-hybridized carbons (Fsp3) is 0.136. The lowest BCUT2D eigenvalue weighted by atomic mass is 9.97. The Morgan fingerprint density at radius 3 is 2.45 bits per heavy atom. The molecule has 0 saturated heterocycles. The molecule has 6 nitrogen and oxygen atoms in total. The van der Waals surface area contributed by atoms with E-state index < -0.39 is 21.7 Å². The lowest BCUT2D eigenvalue weighted by Crippen LogP contribution is -2.36. The minimum absolute atomic E-state index is 0.0389. The molecular formula is C22H18F2N2O4S. The summed E-state index contributed by atoms with van der Waals surface area (Å²) in [5, 5.41) is 8.74. The Morgan fingerprint density at radius 1 is 1.00 bits per heavy atom. The van der Waals surface area contributed by atoms with E-state index >= 15 is 0 Å². The summed E-state index contributed by atoms with van der Waals surface area (Å²) in [6.07, 6.45) is 0.0879. The topological polar surface area (TPSA) is 86.7 Å². The van der Waals surface area contributed by atoms with Gasteiger partial charge in [0.1, 0.15) is 11.6 Å². The molecule has 1 amide bonds. The Balaban J connectivity index is 1.64. The van der Waals surface area contributed by atoms with E-state index in [2.05, 4.69) is 0 Å². The van der Waals surface area contributed by atoms with Gasteiger partial charge in [0.05, 0.1) is 10.5 Å². The maximum absolute atomic E-state index is 14.6. The van der Waals surface area contributed by atoms with Crippen molar-refractivity contribution < 1.29 is 27.2 Å². The Labute approximate surface area is 177 Å². The average molecular weight is 444 g/mol. The Hall–Kier alpha value is -3.14. The molecule has 0 aliphatic carbocycles. The molecule has 9 heteroatoms. The number of benzene rings is 3. The third-order valence-electron chi connectivity index (χ3n) is 5.29. The second kappa shape index (κ2) is 8.18. The lowest BCUT2D eigenvalue weighted by molar-refractivity contribution is 0.0701. The van der Waals surface area contributed by atoms with Crippen LogP contribution in [0.25, 0.3) is 11.1 Å². The van der Waals surface area contributed by atoms with E-state index in [0.717, 1.165) is 0 Å². The van der Waals surface area contributed by atoms with Gasteiger partial charge in [0.25, 0.3) is 5.91 Å². The molecule has 0 saturated carbocycles. The van der Waals surface area contributed by atoms with Crippen LogP contribution in [0.15, 0.2) is 65.6 Å². The summed E-state index contributed by atoms with van der Waals surface area (Å²) in [6, 6.07) is 14.8. The Kier molecular flexibility index (Phi) is 5.57. The van der Waals surface area contributed by atoms with E-state index in [1.165, 1.54) is 46.2 Å². The first-order valence-electron chi connectivity index (χ1n) is 9.42. The first-order chi connectivity index (χ1) is 14.8. The minimum atomic E-state index is -3.87. The number of carbonyl (C=O) groups excluding carboxylic acids is 1. The van der Waals surface area contributed by atoms with Gasteiger partial charge in [0.15, 0.2) is 0 Å². The molecule has 0 unspecified atom stereocenters. The molecule has 0 aromatic heterocycles. The minimum Gasteiger partial charge on any atom is -0.288 e. The zero-order valence-electron chi connectivity index (χ0n) is 16.2. The van der Waals surface area contributed by atoms with Crippen LogP contribution in [-0.4, -0.2) is 30.4 Å². The number of rotatable bonds is 4. The van der Waals surface area contributed by atoms with Gasteiger partial charge in [-0.3, -0.25) is 10.0 Å². The van der Waals surface area contributed by atoms with Crippen LogP contribution in [0.2, 0.25) is 0 Å². The molecule has 2 N–H and O–H groups in total. The average Bonchev–Trinajstić information content (AvgIpc) is 2.79. The van der Waals surface area contributed by atoms with Crippen LogP contribution in [0.4, 0.5) is 8.78 Å². The van der Waals surface area contributed by atoms with Crippen molar-refractivity contribution in [2.45, 2.75) is 17.9 Å². The molecule has 1 aliphatic heterocycles. The number of sulfonamides is 1. The van der Waals surface area contributed by atoms with Crippen LogP contribution in [0, 0.1) is 11.6 Å². The van der Waals surface area contributed by atoms with Gasteiger partial charge in [0.2, 0.25) is 10.0 Å². The maximum Gasteiger partial charge on any atom is 0.277 e. The highest BCUT2D eigenvalue weighted by atomic mass is 32.2. The van der Waals surface area contributed by atoms with Crippen molar-refractivity contribution >= 4 is 15.9 Å². The van der Waals surface area contributed by atoms with Crippen molar-refractivity contribution in [2.75, 3.05) is 6.54 Å². The van der Waals surface area contributed by atoms with Gasteiger partial charge in [-0.2, -0.15) is 4.31 Å². The highest BCUT2D eigenvalue weighted by Gasteiger charge is 2.31. The first kappa shape index (κ1) is 21.1. The fourth-order valence-corrected chi connectivity index (χ4v) is 5.12. The van der Waals surface area contributed by atoms with Gasteiger partial charge in [-0.05, 0) is 59.0 Å². The lowest BCUT2D eigenvalue weighted by Gasteiger charge is -2.29. The largest absolute Gasteiger partial charge is 0.288 e. The molecule has 0 fully saturated rings. The van der Waals surface area contributed by atoms with E-state index in [0.29, 0.717) is 16.7 Å². The molecule has 1 heterocycles. The van der Waals surface area contributed by atoms with Gasteiger partial charge >= 0.3 is 0 Å². The summed E-state index contributed by atoms with van der Waals surface area (Å²) in [5.74, 6) is -2.11. The van der Waals surface area contributed by atoms with Crippen molar-refractivity contribution in [1.82, 2.24) is 9.79 Å². The van der Waals surface area contributed by atoms with Gasteiger partial charge < -0.3 is 0 Å². The highest BCUT2D eigenvalue weighted by Crippen LogP contribution is 2.30. The number of carbonyl (C=O) groups is 1. The highest BCUT2D eigenvalue weighted by molar-refractivity contribution is 7.89. The van der Waals surface area contributed by atoms with E-state index in [4.69, 9.17) is 5.21 Å². The molecule has 4 rings (SSSR count). The zero-order valence-corrected chi connectivity index (χ0v) is 17.0. The number of hydrogen-bond acceptors (Lipinski definition) is 4. The molecule has 3 aromatic rings. The smallest absolute Gasteiger partial charge is 0.277 e. The van der Waals surface area contributed by atoms with E-state index in [1.54, 1.807) is 24.3 Å². The van der Waals surface area contributed by atoms with Gasteiger partial charge in [-0.25, -0.2) is 22.7 Å². The molecule has 160 valence electrons. The van der Waals surface area contributed by atoms with Crippen LogP contribution >= 0.6 is 0 Å². The number of hydroxylamine groups is 1. The number of nitrogens with one attached hydrogen (secondary N) is 1. The molecule has 31 heavy (non-hydrogen) atoms. The van der Waals surface area contributed by atoms with Crippen molar-refractivity contribution in [3.63, 3.8) is 0 Å². The van der Waals surface area contributed by atoms with Gasteiger partial charge in [0, 0.05) is 13.1 Å². The maximum atomic E-state index is 14.6. The summed E-state index contributed by atoms with van der Waals surface area (Å²) in [6.45, 7) is -0.00634. The number of amides is 1. The quantitative estimate of drug-likeness (QED) is 0.476. The summed E-state index contributed by atoms with van der Waals surface area (Å²) in [5.41, 5.74) is 3.12. The van der Waals surface area contributed by atoms with Crippen molar-refractivity contribution in [3.8, 4) is 11.1 Å². The summed E-state index contributed by atoms with van der Waals surface area (Å²) in [7, 11) is -3.87. The van der Waals surface area contributed by atoms with Crippen molar-refractivity contribution in [2.24, 2.45) is 0 Å².